The zero-order valence-corrected chi connectivity index (χ0v) is 12.0. The molecule has 1 aromatic carbocycles. The number of aryl methyl sites for hydroxylation is 1. The summed E-state index contributed by atoms with van der Waals surface area (Å²) in [6, 6.07) is 5.01. The van der Waals surface area contributed by atoms with Crippen LogP contribution in [0, 0.1) is 18.2 Å². The second kappa shape index (κ2) is 6.33. The van der Waals surface area contributed by atoms with Crippen molar-refractivity contribution in [2.75, 3.05) is 26.8 Å². The van der Waals surface area contributed by atoms with Crippen molar-refractivity contribution in [1.82, 2.24) is 10.6 Å². The molecule has 1 aromatic rings. The molecule has 0 bridgehead atoms. The summed E-state index contributed by atoms with van der Waals surface area (Å²) in [5.41, 5.74) is 0.869. The second-order valence-electron chi connectivity index (χ2n) is 5.41. The van der Waals surface area contributed by atoms with Gasteiger partial charge in [-0.2, -0.15) is 0 Å². The number of hydrogen-bond acceptors (Lipinski definition) is 3. The van der Waals surface area contributed by atoms with Crippen LogP contribution in [0.4, 0.5) is 4.39 Å². The van der Waals surface area contributed by atoms with E-state index in [1.807, 2.05) is 6.07 Å². The molecule has 1 amide bonds. The summed E-state index contributed by atoms with van der Waals surface area (Å²) >= 11 is 0. The van der Waals surface area contributed by atoms with Crippen molar-refractivity contribution in [3.8, 4) is 0 Å². The van der Waals surface area contributed by atoms with Gasteiger partial charge >= 0.3 is 0 Å². The van der Waals surface area contributed by atoms with Crippen molar-refractivity contribution in [2.24, 2.45) is 5.41 Å². The van der Waals surface area contributed by atoms with Gasteiger partial charge in [-0.05, 0) is 37.1 Å². The molecule has 1 heterocycles. The van der Waals surface area contributed by atoms with Gasteiger partial charge in [0.25, 0.3) is 0 Å². The van der Waals surface area contributed by atoms with Crippen LogP contribution in [-0.2, 0) is 16.1 Å². The number of carbonyl (C=O) groups excluding carboxylic acids is 1. The molecule has 1 fully saturated rings. The summed E-state index contributed by atoms with van der Waals surface area (Å²) in [6.07, 6.45) is 0.759. The van der Waals surface area contributed by atoms with Crippen molar-refractivity contribution in [3.63, 3.8) is 0 Å². The van der Waals surface area contributed by atoms with Crippen molar-refractivity contribution >= 4 is 5.91 Å². The van der Waals surface area contributed by atoms with E-state index in [-0.39, 0.29) is 11.7 Å². The van der Waals surface area contributed by atoms with E-state index in [2.05, 4.69) is 10.6 Å². The molecular weight excluding hydrogens is 259 g/mol. The molecule has 2 rings (SSSR count). The molecule has 5 heteroatoms. The normalized spacial score (nSPS) is 21.9. The van der Waals surface area contributed by atoms with Crippen LogP contribution in [-0.4, -0.2) is 32.7 Å². The van der Waals surface area contributed by atoms with E-state index in [0.717, 1.165) is 18.5 Å². The minimum absolute atomic E-state index is 0.0367. The molecule has 0 saturated carbocycles. The first kappa shape index (κ1) is 14.9. The van der Waals surface area contributed by atoms with Crippen LogP contribution < -0.4 is 10.6 Å². The predicted molar refractivity (Wildman–Crippen MR) is 74.8 cm³/mol. The highest BCUT2D eigenvalue weighted by molar-refractivity contribution is 5.83. The molecule has 1 aliphatic heterocycles. The highest BCUT2D eigenvalue weighted by Crippen LogP contribution is 2.26. The van der Waals surface area contributed by atoms with Crippen LogP contribution in [0.25, 0.3) is 0 Å². The Kier molecular flexibility index (Phi) is 4.73. The molecule has 2 N–H and O–H groups in total. The second-order valence-corrected chi connectivity index (χ2v) is 5.41. The summed E-state index contributed by atoms with van der Waals surface area (Å²) < 4.78 is 18.6. The van der Waals surface area contributed by atoms with Crippen LogP contribution in [0.15, 0.2) is 18.2 Å². The zero-order chi connectivity index (χ0) is 14.6. The van der Waals surface area contributed by atoms with Gasteiger partial charge < -0.3 is 15.4 Å². The number of rotatable bonds is 5. The molecular formula is C15H21FN2O2. The number of benzene rings is 1. The first-order valence-electron chi connectivity index (χ1n) is 6.80. The average Bonchev–Trinajstić information content (AvgIpc) is 2.90. The fourth-order valence-corrected chi connectivity index (χ4v) is 2.52. The number of halogens is 1. The lowest BCUT2D eigenvalue weighted by Crippen LogP contribution is -2.45. The van der Waals surface area contributed by atoms with Gasteiger partial charge in [0.2, 0.25) is 5.91 Å². The van der Waals surface area contributed by atoms with Gasteiger partial charge in [0.05, 0.1) is 12.0 Å². The SMILES string of the molecule is COCC1(C(=O)NCc2ccc(C)c(F)c2)CCNC1. The van der Waals surface area contributed by atoms with E-state index in [1.165, 1.54) is 6.07 Å². The Hall–Kier alpha value is -1.46. The average molecular weight is 280 g/mol. The van der Waals surface area contributed by atoms with Crippen molar-refractivity contribution < 1.29 is 13.9 Å². The van der Waals surface area contributed by atoms with E-state index in [1.54, 1.807) is 20.1 Å². The number of methoxy groups -OCH3 is 1. The van der Waals surface area contributed by atoms with E-state index >= 15 is 0 Å². The van der Waals surface area contributed by atoms with E-state index in [0.29, 0.717) is 25.3 Å². The first-order chi connectivity index (χ1) is 9.57. The highest BCUT2D eigenvalue weighted by Gasteiger charge is 2.41. The van der Waals surface area contributed by atoms with Gasteiger partial charge in [0, 0.05) is 20.2 Å². The Labute approximate surface area is 118 Å². The molecule has 1 atom stereocenters. The first-order valence-corrected chi connectivity index (χ1v) is 6.80. The summed E-state index contributed by atoms with van der Waals surface area (Å²) in [6.45, 7) is 3.88. The minimum atomic E-state index is -0.502. The van der Waals surface area contributed by atoms with Gasteiger partial charge in [0.1, 0.15) is 5.82 Å². The third-order valence-electron chi connectivity index (χ3n) is 3.84. The highest BCUT2D eigenvalue weighted by atomic mass is 19.1. The molecule has 1 aliphatic rings. The lowest BCUT2D eigenvalue weighted by Gasteiger charge is -2.26. The predicted octanol–water partition coefficient (Wildman–Crippen LogP) is 1.38. The number of ether oxygens (including phenoxy) is 1. The Bertz CT molecular complexity index is 485. The molecule has 110 valence electrons. The minimum Gasteiger partial charge on any atom is -0.384 e. The van der Waals surface area contributed by atoms with Gasteiger partial charge in [-0.15, -0.1) is 0 Å². The smallest absolute Gasteiger partial charge is 0.230 e. The standard InChI is InChI=1S/C15H21FN2O2/c1-11-3-4-12(7-13(11)16)8-18-14(19)15(10-20-2)5-6-17-9-15/h3-4,7,17H,5-6,8-10H2,1-2H3,(H,18,19). The van der Waals surface area contributed by atoms with Crippen LogP contribution in [0.3, 0.4) is 0 Å². The van der Waals surface area contributed by atoms with Gasteiger partial charge in [0.15, 0.2) is 0 Å². The molecule has 0 radical (unpaired) electrons. The Morgan fingerprint density at radius 1 is 1.55 bits per heavy atom. The van der Waals surface area contributed by atoms with Crippen LogP contribution in [0.5, 0.6) is 0 Å². The number of nitrogens with one attached hydrogen (secondary N) is 2. The monoisotopic (exact) mass is 280 g/mol. The van der Waals surface area contributed by atoms with Crippen molar-refractivity contribution in [3.05, 3.63) is 35.1 Å². The molecule has 1 saturated heterocycles. The Morgan fingerprint density at radius 3 is 2.95 bits per heavy atom. The largest absolute Gasteiger partial charge is 0.384 e. The number of amides is 1. The fourth-order valence-electron chi connectivity index (χ4n) is 2.52. The lowest BCUT2D eigenvalue weighted by atomic mass is 9.87. The Morgan fingerprint density at radius 2 is 2.35 bits per heavy atom. The molecule has 1 unspecified atom stereocenters. The van der Waals surface area contributed by atoms with Crippen molar-refractivity contribution in [1.29, 1.82) is 0 Å². The zero-order valence-electron chi connectivity index (χ0n) is 12.0. The maximum absolute atomic E-state index is 13.5. The third-order valence-corrected chi connectivity index (χ3v) is 3.84. The molecule has 0 aliphatic carbocycles. The Balaban J connectivity index is 1.98. The molecule has 4 nitrogen and oxygen atoms in total. The third kappa shape index (κ3) is 3.16. The van der Waals surface area contributed by atoms with E-state index in [9.17, 15) is 9.18 Å². The van der Waals surface area contributed by atoms with Gasteiger partial charge in [-0.3, -0.25) is 4.79 Å². The summed E-state index contributed by atoms with van der Waals surface area (Å²) in [4.78, 5) is 12.4. The van der Waals surface area contributed by atoms with Gasteiger partial charge in [-0.1, -0.05) is 12.1 Å². The number of carbonyl (C=O) groups is 1. The van der Waals surface area contributed by atoms with Crippen LogP contribution >= 0.6 is 0 Å². The van der Waals surface area contributed by atoms with Crippen LogP contribution in [0.1, 0.15) is 17.5 Å². The number of hydrogen-bond donors (Lipinski definition) is 2. The van der Waals surface area contributed by atoms with Crippen LogP contribution in [0.2, 0.25) is 0 Å². The topological polar surface area (TPSA) is 50.4 Å². The lowest BCUT2D eigenvalue weighted by molar-refractivity contribution is -0.133. The summed E-state index contributed by atoms with van der Waals surface area (Å²) in [5.74, 6) is -0.281. The molecule has 0 spiro atoms. The quantitative estimate of drug-likeness (QED) is 0.856. The van der Waals surface area contributed by atoms with Crippen molar-refractivity contribution in [2.45, 2.75) is 19.9 Å². The summed E-state index contributed by atoms with van der Waals surface area (Å²) in [7, 11) is 1.60. The summed E-state index contributed by atoms with van der Waals surface area (Å²) in [5, 5.41) is 6.08. The van der Waals surface area contributed by atoms with Gasteiger partial charge in [-0.25, -0.2) is 4.39 Å². The fraction of sp³-hybridized carbons (Fsp3) is 0.533. The maximum Gasteiger partial charge on any atom is 0.230 e. The molecule has 0 aromatic heterocycles. The maximum atomic E-state index is 13.5. The molecule has 20 heavy (non-hydrogen) atoms. The van der Waals surface area contributed by atoms with E-state index in [4.69, 9.17) is 4.74 Å². The van der Waals surface area contributed by atoms with E-state index < -0.39 is 5.41 Å².